The zero-order valence-corrected chi connectivity index (χ0v) is 21.4. The summed E-state index contributed by atoms with van der Waals surface area (Å²) >= 11 is 0.877. The number of hydrogen-bond donors (Lipinski definition) is 1. The fourth-order valence-electron chi connectivity index (χ4n) is 4.76. The Kier molecular flexibility index (Phi) is 6.34. The molecule has 1 saturated heterocycles. The number of rotatable bonds is 4. The first-order valence-corrected chi connectivity index (χ1v) is 12.3. The molecule has 0 bridgehead atoms. The molecule has 3 amide bonds. The van der Waals surface area contributed by atoms with Gasteiger partial charge in [0.25, 0.3) is 11.1 Å². The van der Waals surface area contributed by atoms with Crippen molar-refractivity contribution in [3.05, 3.63) is 63.6 Å². The minimum Gasteiger partial charge on any atom is -0.369 e. The van der Waals surface area contributed by atoms with Crippen molar-refractivity contribution in [3.63, 3.8) is 0 Å². The molecule has 1 atom stereocenters. The summed E-state index contributed by atoms with van der Waals surface area (Å²) in [5.74, 6) is -0.447. The molecule has 2 heterocycles. The smallest absolute Gasteiger partial charge is 0.294 e. The molecule has 178 valence electrons. The van der Waals surface area contributed by atoms with Crippen molar-refractivity contribution in [3.8, 4) is 0 Å². The van der Waals surface area contributed by atoms with Crippen molar-refractivity contribution >= 4 is 46.3 Å². The van der Waals surface area contributed by atoms with Gasteiger partial charge < -0.3 is 10.2 Å². The molecule has 0 aromatic heterocycles. The average molecular weight is 478 g/mol. The van der Waals surface area contributed by atoms with Gasteiger partial charge in [-0.2, -0.15) is 0 Å². The van der Waals surface area contributed by atoms with Gasteiger partial charge in [-0.15, -0.1) is 0 Å². The summed E-state index contributed by atoms with van der Waals surface area (Å²) in [6.45, 7) is 10.3. The van der Waals surface area contributed by atoms with Crippen LogP contribution in [0.1, 0.15) is 55.4 Å². The van der Waals surface area contributed by atoms with Gasteiger partial charge in [0.2, 0.25) is 5.91 Å². The standard InChI is InChI=1S/C27H31N3O3S/c1-16-7-9-21(17(2)11-16)28-24(31)15-30-25(32)23(34-26(30)33)13-19-8-10-22-20(12-19)18(3)14-27(4,5)29(22)6/h7-13,18H,14-15H2,1-6H3,(H,28,31)/b23-13-/t18-/m1/s1. The van der Waals surface area contributed by atoms with Crippen molar-refractivity contribution in [2.24, 2.45) is 0 Å². The number of thioether (sulfide) groups is 1. The molecule has 2 aromatic carbocycles. The number of amides is 3. The Labute approximate surface area is 205 Å². The van der Waals surface area contributed by atoms with Crippen LogP contribution in [0.3, 0.4) is 0 Å². The molecule has 1 fully saturated rings. The zero-order chi connectivity index (χ0) is 24.8. The minimum absolute atomic E-state index is 0.0777. The SMILES string of the molecule is Cc1ccc(NC(=O)CN2C(=O)S/C(=C\c3ccc4c(c3)[C@H](C)CC(C)(C)N4C)C2=O)c(C)c1. The molecular weight excluding hydrogens is 446 g/mol. The molecule has 2 aromatic rings. The zero-order valence-electron chi connectivity index (χ0n) is 20.6. The van der Waals surface area contributed by atoms with Gasteiger partial charge in [-0.3, -0.25) is 19.3 Å². The monoisotopic (exact) mass is 477 g/mol. The Morgan fingerprint density at radius 1 is 1.18 bits per heavy atom. The van der Waals surface area contributed by atoms with E-state index in [2.05, 4.69) is 50.2 Å². The number of benzene rings is 2. The first kappa shape index (κ1) is 24.1. The normalized spacial score (nSPS) is 20.6. The van der Waals surface area contributed by atoms with Crippen molar-refractivity contribution in [1.82, 2.24) is 4.90 Å². The fourth-order valence-corrected chi connectivity index (χ4v) is 5.60. The molecule has 1 N–H and O–H groups in total. The highest BCUT2D eigenvalue weighted by atomic mass is 32.2. The van der Waals surface area contributed by atoms with Crippen LogP contribution in [0.15, 0.2) is 41.3 Å². The summed E-state index contributed by atoms with van der Waals surface area (Å²) in [5.41, 5.74) is 6.09. The molecule has 34 heavy (non-hydrogen) atoms. The molecule has 7 heteroatoms. The van der Waals surface area contributed by atoms with E-state index in [9.17, 15) is 14.4 Å². The van der Waals surface area contributed by atoms with Gasteiger partial charge >= 0.3 is 0 Å². The molecule has 2 aliphatic rings. The Morgan fingerprint density at radius 3 is 2.62 bits per heavy atom. The first-order chi connectivity index (χ1) is 16.0. The van der Waals surface area contributed by atoms with Gasteiger partial charge in [0.1, 0.15) is 6.54 Å². The number of nitrogens with one attached hydrogen (secondary N) is 1. The topological polar surface area (TPSA) is 69.7 Å². The fraction of sp³-hybridized carbons (Fsp3) is 0.370. The maximum absolute atomic E-state index is 12.9. The summed E-state index contributed by atoms with van der Waals surface area (Å²) in [6.07, 6.45) is 2.78. The van der Waals surface area contributed by atoms with Crippen LogP contribution in [-0.2, 0) is 9.59 Å². The van der Waals surface area contributed by atoms with Gasteiger partial charge in [0, 0.05) is 24.0 Å². The quantitative estimate of drug-likeness (QED) is 0.572. The second kappa shape index (κ2) is 8.95. The van der Waals surface area contributed by atoms with Gasteiger partial charge in [-0.05, 0) is 92.8 Å². The van der Waals surface area contributed by atoms with Crippen LogP contribution < -0.4 is 10.2 Å². The van der Waals surface area contributed by atoms with Crippen LogP contribution in [0.25, 0.3) is 6.08 Å². The predicted octanol–water partition coefficient (Wildman–Crippen LogP) is 5.70. The van der Waals surface area contributed by atoms with E-state index in [1.165, 1.54) is 11.3 Å². The molecule has 6 nitrogen and oxygen atoms in total. The Morgan fingerprint density at radius 2 is 1.91 bits per heavy atom. The summed E-state index contributed by atoms with van der Waals surface area (Å²) in [4.78, 5) is 41.7. The summed E-state index contributed by atoms with van der Waals surface area (Å²) in [6, 6.07) is 11.9. The minimum atomic E-state index is -0.435. The van der Waals surface area contributed by atoms with E-state index in [1.54, 1.807) is 6.08 Å². The number of imide groups is 1. The second-order valence-electron chi connectivity index (χ2n) is 9.93. The molecule has 0 unspecified atom stereocenters. The maximum Gasteiger partial charge on any atom is 0.294 e. The van der Waals surface area contributed by atoms with Gasteiger partial charge in [0.15, 0.2) is 0 Å². The number of fused-ring (bicyclic) bond motifs is 1. The van der Waals surface area contributed by atoms with Crippen molar-refractivity contribution in [2.75, 3.05) is 23.8 Å². The summed E-state index contributed by atoms with van der Waals surface area (Å²) in [5, 5.41) is 2.37. The molecular formula is C27H31N3O3S. The Bertz CT molecular complexity index is 1220. The van der Waals surface area contributed by atoms with E-state index in [1.807, 2.05) is 38.1 Å². The van der Waals surface area contributed by atoms with Crippen molar-refractivity contribution < 1.29 is 14.4 Å². The number of carbonyl (C=O) groups excluding carboxylic acids is 3. The Balaban J connectivity index is 1.50. The van der Waals surface area contributed by atoms with Crippen LogP contribution in [0.4, 0.5) is 16.2 Å². The van der Waals surface area contributed by atoms with E-state index < -0.39 is 17.1 Å². The lowest BCUT2D eigenvalue weighted by Gasteiger charge is -2.45. The van der Waals surface area contributed by atoms with E-state index in [0.717, 1.165) is 39.8 Å². The highest BCUT2D eigenvalue weighted by Gasteiger charge is 2.37. The van der Waals surface area contributed by atoms with E-state index >= 15 is 0 Å². The highest BCUT2D eigenvalue weighted by molar-refractivity contribution is 8.18. The van der Waals surface area contributed by atoms with E-state index in [4.69, 9.17) is 0 Å². The lowest BCUT2D eigenvalue weighted by Crippen LogP contribution is -2.45. The highest BCUT2D eigenvalue weighted by Crippen LogP contribution is 2.43. The largest absolute Gasteiger partial charge is 0.369 e. The van der Waals surface area contributed by atoms with Gasteiger partial charge in [0.05, 0.1) is 4.91 Å². The summed E-state index contributed by atoms with van der Waals surface area (Å²) < 4.78 is 0. The van der Waals surface area contributed by atoms with Crippen molar-refractivity contribution in [2.45, 2.75) is 52.5 Å². The lowest BCUT2D eigenvalue weighted by molar-refractivity contribution is -0.127. The molecule has 0 radical (unpaired) electrons. The average Bonchev–Trinajstić information content (AvgIpc) is 3.01. The van der Waals surface area contributed by atoms with Crippen molar-refractivity contribution in [1.29, 1.82) is 0 Å². The molecule has 0 spiro atoms. The van der Waals surface area contributed by atoms with Gasteiger partial charge in [-0.1, -0.05) is 30.7 Å². The van der Waals surface area contributed by atoms with Gasteiger partial charge in [-0.25, -0.2) is 0 Å². The van der Waals surface area contributed by atoms with Crippen LogP contribution in [-0.4, -0.2) is 41.1 Å². The first-order valence-electron chi connectivity index (χ1n) is 11.5. The van der Waals surface area contributed by atoms with E-state index in [0.29, 0.717) is 16.5 Å². The molecule has 0 saturated carbocycles. The number of aryl methyl sites for hydroxylation is 2. The third-order valence-corrected chi connectivity index (χ3v) is 7.69. The third-order valence-electron chi connectivity index (χ3n) is 6.79. The second-order valence-corrected chi connectivity index (χ2v) is 10.9. The third kappa shape index (κ3) is 4.62. The number of carbonyl (C=O) groups is 3. The maximum atomic E-state index is 12.9. The van der Waals surface area contributed by atoms with Crippen LogP contribution in [0, 0.1) is 13.8 Å². The number of hydrogen-bond acceptors (Lipinski definition) is 5. The number of nitrogens with zero attached hydrogens (tertiary/aromatic N) is 2. The predicted molar refractivity (Wildman–Crippen MR) is 139 cm³/mol. The number of anilines is 2. The molecule has 0 aliphatic carbocycles. The summed E-state index contributed by atoms with van der Waals surface area (Å²) in [7, 11) is 2.11. The Hall–Kier alpha value is -3.06. The van der Waals surface area contributed by atoms with Crippen LogP contribution in [0.5, 0.6) is 0 Å². The lowest BCUT2D eigenvalue weighted by atomic mass is 9.80. The van der Waals surface area contributed by atoms with E-state index in [-0.39, 0.29) is 12.1 Å². The van der Waals surface area contributed by atoms with Crippen LogP contribution in [0.2, 0.25) is 0 Å². The molecule has 2 aliphatic heterocycles. The van der Waals surface area contributed by atoms with Crippen LogP contribution >= 0.6 is 11.8 Å². The molecule has 4 rings (SSSR count).